The van der Waals surface area contributed by atoms with Crippen molar-refractivity contribution in [3.05, 3.63) is 118 Å². The molecule has 1 aliphatic rings. The van der Waals surface area contributed by atoms with Crippen molar-refractivity contribution in [3.8, 4) is 27.9 Å². The first-order chi connectivity index (χ1) is 25.9. The van der Waals surface area contributed by atoms with Crippen LogP contribution >= 0.6 is 23.2 Å². The van der Waals surface area contributed by atoms with E-state index in [0.717, 1.165) is 70.7 Å². The number of aromatic nitrogens is 8. The third-order valence-electron chi connectivity index (χ3n) is 9.04. The lowest BCUT2D eigenvalue weighted by molar-refractivity contribution is -0.338. The summed E-state index contributed by atoms with van der Waals surface area (Å²) in [6.07, 6.45) is -4.33. The number of aryl methyl sites for hydroxylation is 2. The summed E-state index contributed by atoms with van der Waals surface area (Å²) in [5, 5.41) is 46.3. The molecule has 0 amide bonds. The van der Waals surface area contributed by atoms with Crippen molar-refractivity contribution in [2.75, 3.05) is 6.61 Å². The normalized spacial score (nSPS) is 21.7. The minimum absolute atomic E-state index is 0.158. The fourth-order valence-electron chi connectivity index (χ4n) is 6.46. The van der Waals surface area contributed by atoms with E-state index in [1.165, 1.54) is 13.8 Å². The van der Waals surface area contributed by atoms with Crippen LogP contribution in [0.15, 0.2) is 61.3 Å². The molecule has 0 saturated carbocycles. The maximum atomic E-state index is 15.3. The van der Waals surface area contributed by atoms with E-state index < -0.39 is 98.9 Å². The minimum atomic E-state index is -5.08. The Morgan fingerprint density at radius 1 is 0.873 bits per heavy atom. The van der Waals surface area contributed by atoms with E-state index in [4.69, 9.17) is 27.9 Å². The van der Waals surface area contributed by atoms with Gasteiger partial charge >= 0.3 is 6.18 Å². The summed E-state index contributed by atoms with van der Waals surface area (Å²) in [6.45, 7) is 1.80. The summed E-state index contributed by atoms with van der Waals surface area (Å²) >= 11 is 11.5. The molecule has 1 fully saturated rings. The number of aliphatic hydroxyl groups is 3. The molecule has 4 atom stereocenters. The van der Waals surface area contributed by atoms with Crippen molar-refractivity contribution in [1.29, 1.82) is 0 Å². The van der Waals surface area contributed by atoms with E-state index in [0.29, 0.717) is 4.68 Å². The molecule has 0 aliphatic carbocycles. The van der Waals surface area contributed by atoms with Crippen LogP contribution in [0.3, 0.4) is 0 Å². The minimum Gasteiger partial charge on any atom is -0.394 e. The molecule has 12 nitrogen and oxygen atoms in total. The zero-order valence-corrected chi connectivity index (χ0v) is 29.6. The zero-order chi connectivity index (χ0) is 39.8. The number of alkyl halides is 3. The molecule has 3 N–H and O–H groups in total. The largest absolute Gasteiger partial charge is 0.435 e. The fourth-order valence-corrected chi connectivity index (χ4v) is 6.76. The molecule has 7 rings (SSSR count). The van der Waals surface area contributed by atoms with E-state index in [-0.39, 0.29) is 28.1 Å². The Kier molecular flexibility index (Phi) is 9.54. The van der Waals surface area contributed by atoms with Crippen molar-refractivity contribution in [2.45, 2.75) is 50.1 Å². The van der Waals surface area contributed by atoms with Crippen LogP contribution in [-0.2, 0) is 22.4 Å². The van der Waals surface area contributed by atoms with Crippen LogP contribution in [0.5, 0.6) is 0 Å². The predicted molar refractivity (Wildman–Crippen MR) is 179 cm³/mol. The van der Waals surface area contributed by atoms with Crippen LogP contribution in [0.2, 0.25) is 10.0 Å². The highest BCUT2D eigenvalue weighted by Crippen LogP contribution is 2.50. The first kappa shape index (κ1) is 38.4. The number of hydrogen-bond donors (Lipinski definition) is 3. The van der Waals surface area contributed by atoms with Gasteiger partial charge in [-0.2, -0.15) is 28.5 Å². The molecule has 4 aromatic heterocycles. The second kappa shape index (κ2) is 13.7. The Balaban J connectivity index is 1.56. The van der Waals surface area contributed by atoms with E-state index in [1.807, 2.05) is 0 Å². The van der Waals surface area contributed by atoms with Crippen molar-refractivity contribution >= 4 is 23.2 Å². The number of halogens is 9. The van der Waals surface area contributed by atoms with Gasteiger partial charge in [0, 0.05) is 47.3 Å². The van der Waals surface area contributed by atoms with Gasteiger partial charge in [0.15, 0.2) is 34.8 Å². The SMILES string of the molecule is Cc1cnc(C(F)(F)F)c(-n2nc(C)nc2C2(n3cc(-c4ccc(Cl)c(F)c4F)cn3)O[C@@H](CO)[C@@H](O)C[C@@]2(O)n2cc(-c3ccc(Cl)c(F)c3F)cn2)c1. The van der Waals surface area contributed by atoms with Gasteiger partial charge < -0.3 is 20.1 Å². The lowest BCUT2D eigenvalue weighted by Gasteiger charge is -2.51. The molecule has 0 radical (unpaired) electrons. The quantitative estimate of drug-likeness (QED) is 0.129. The summed E-state index contributed by atoms with van der Waals surface area (Å²) in [4.78, 5) is 7.96. The summed E-state index contributed by atoms with van der Waals surface area (Å²) in [5.74, 6) is -6.46. The van der Waals surface area contributed by atoms with Gasteiger partial charge in [-0.1, -0.05) is 23.2 Å². The lowest BCUT2D eigenvalue weighted by atomic mass is 9.86. The monoisotopic (exact) mass is 812 g/mol. The summed E-state index contributed by atoms with van der Waals surface area (Å²) in [6, 6.07) is 5.43. The van der Waals surface area contributed by atoms with Crippen molar-refractivity contribution in [3.63, 3.8) is 0 Å². The molecular formula is C34H25Cl2F7N8O4. The highest BCUT2D eigenvalue weighted by Gasteiger charge is 2.66. The van der Waals surface area contributed by atoms with E-state index in [9.17, 15) is 37.3 Å². The first-order valence-corrected chi connectivity index (χ1v) is 16.7. The number of hydrogen-bond acceptors (Lipinski definition) is 9. The van der Waals surface area contributed by atoms with E-state index >= 15 is 8.78 Å². The van der Waals surface area contributed by atoms with Gasteiger partial charge in [-0.15, -0.1) is 0 Å². The molecule has 6 aromatic rings. The number of rotatable bonds is 7. The van der Waals surface area contributed by atoms with Gasteiger partial charge in [0.25, 0.3) is 5.72 Å². The van der Waals surface area contributed by atoms with Crippen LogP contribution in [0, 0.1) is 37.1 Å². The molecule has 1 unspecified atom stereocenters. The van der Waals surface area contributed by atoms with Gasteiger partial charge in [-0.25, -0.2) is 41.6 Å². The van der Waals surface area contributed by atoms with E-state index in [1.54, 1.807) is 0 Å². The smallest absolute Gasteiger partial charge is 0.394 e. The maximum Gasteiger partial charge on any atom is 0.435 e. The lowest BCUT2D eigenvalue weighted by Crippen LogP contribution is -2.68. The third kappa shape index (κ3) is 6.14. The van der Waals surface area contributed by atoms with Gasteiger partial charge in [-0.3, -0.25) is 0 Å². The van der Waals surface area contributed by atoms with E-state index in [2.05, 4.69) is 25.3 Å². The third-order valence-corrected chi connectivity index (χ3v) is 9.63. The van der Waals surface area contributed by atoms with Crippen LogP contribution in [0.1, 0.15) is 29.3 Å². The van der Waals surface area contributed by atoms with Crippen LogP contribution in [0.4, 0.5) is 30.7 Å². The standard InChI is InChI=1S/C34H25Cl2F7N8O4/c1-15-7-23(30(44-9-15)34(41,42)43)51-31(47-16(2)48-51)33(50-13-18(11-46-50)20-4-6-22(36)29(40)27(20)38)32(54,8-24(53)25(14-52)55-33)49-12-17(10-45-49)19-3-5-21(35)28(39)26(19)37/h3-7,9-13,24-25,52-54H,8,14H2,1-2H3/t24-,25-,32-,33?/m0/s1. The van der Waals surface area contributed by atoms with Gasteiger partial charge in [0.2, 0.25) is 5.72 Å². The number of pyridine rings is 1. The Bertz CT molecular complexity index is 2460. The fraction of sp³-hybridized carbons (Fsp3) is 0.265. The molecule has 0 spiro atoms. The molecular weight excluding hydrogens is 788 g/mol. The topological polar surface area (TPSA) is 149 Å². The molecule has 1 aliphatic heterocycles. The Labute approximate surface area is 315 Å². The second-order valence-electron chi connectivity index (χ2n) is 12.6. The van der Waals surface area contributed by atoms with Crippen LogP contribution in [-0.4, -0.2) is 73.4 Å². The zero-order valence-electron chi connectivity index (χ0n) is 28.1. The van der Waals surface area contributed by atoms with Crippen LogP contribution < -0.4 is 0 Å². The predicted octanol–water partition coefficient (Wildman–Crippen LogP) is 6.08. The molecule has 21 heteroatoms. The highest BCUT2D eigenvalue weighted by molar-refractivity contribution is 6.31. The van der Waals surface area contributed by atoms with Gasteiger partial charge in [0.05, 0.1) is 40.8 Å². The molecule has 288 valence electrons. The number of benzene rings is 2. The Hall–Kier alpha value is -4.92. The Morgan fingerprint density at radius 2 is 1.44 bits per heavy atom. The number of aliphatic hydroxyl groups excluding tert-OH is 2. The highest BCUT2D eigenvalue weighted by atomic mass is 35.5. The van der Waals surface area contributed by atoms with Gasteiger partial charge in [0.1, 0.15) is 11.9 Å². The summed E-state index contributed by atoms with van der Waals surface area (Å²) < 4.78 is 112. The molecule has 1 saturated heterocycles. The van der Waals surface area contributed by atoms with Crippen molar-refractivity contribution in [1.82, 2.24) is 39.3 Å². The van der Waals surface area contributed by atoms with Gasteiger partial charge in [-0.05, 0) is 49.7 Å². The second-order valence-corrected chi connectivity index (χ2v) is 13.5. The summed E-state index contributed by atoms with van der Waals surface area (Å²) in [7, 11) is 0. The molecule has 5 heterocycles. The number of nitrogens with zero attached hydrogens (tertiary/aromatic N) is 8. The first-order valence-electron chi connectivity index (χ1n) is 16.0. The van der Waals surface area contributed by atoms with Crippen LogP contribution in [0.25, 0.3) is 27.9 Å². The average Bonchev–Trinajstić information content (AvgIpc) is 3.91. The molecule has 55 heavy (non-hydrogen) atoms. The van der Waals surface area contributed by atoms with Crippen molar-refractivity contribution in [2.24, 2.45) is 0 Å². The summed E-state index contributed by atoms with van der Waals surface area (Å²) in [5.41, 5.74) is -8.81. The number of ether oxygens (including phenoxy) is 1. The Morgan fingerprint density at radius 3 is 2.00 bits per heavy atom. The maximum absolute atomic E-state index is 15.3. The van der Waals surface area contributed by atoms with Crippen molar-refractivity contribution < 1.29 is 50.8 Å². The molecule has 2 aromatic carbocycles. The average molecular weight is 814 g/mol. The molecule has 0 bridgehead atoms.